The van der Waals surface area contributed by atoms with Gasteiger partial charge in [-0.2, -0.15) is 0 Å². The molecule has 0 fully saturated rings. The molecule has 0 bridgehead atoms. The number of aryl methyl sites for hydroxylation is 1. The summed E-state index contributed by atoms with van der Waals surface area (Å²) in [6, 6.07) is 17.7. The minimum atomic E-state index is -3.36. The molecule has 0 amide bonds. The Balaban J connectivity index is 1.92. The molecule has 1 heterocycles. The van der Waals surface area contributed by atoms with E-state index >= 15 is 0 Å². The standard InChI is InChI=1S/C23H23BrN4O2S/c1-14-6-5-7-18-22(14)26-20-12-15(24)8-10-17(20)23(18)25-19-11-9-16(27-31(4,29)30)13-21(19)28(2)3/h5-13,27H,1-4H3,(H,25,26). The monoisotopic (exact) mass is 498 g/mol. The van der Waals surface area contributed by atoms with Gasteiger partial charge in [0.05, 0.1) is 40.0 Å². The van der Waals surface area contributed by atoms with E-state index in [2.05, 4.69) is 45.0 Å². The van der Waals surface area contributed by atoms with Crippen LogP contribution in [0.15, 0.2) is 59.1 Å². The molecule has 0 unspecified atom stereocenters. The van der Waals surface area contributed by atoms with Crippen LogP contribution in [0.3, 0.4) is 0 Å². The van der Waals surface area contributed by atoms with E-state index in [1.54, 1.807) is 6.07 Å². The SMILES string of the molecule is Cc1cccc2c(Nc3ccc(NS(C)(=O)=O)cc3N(C)C)c3ccc(Br)cc3nc12. The molecule has 0 saturated heterocycles. The molecule has 0 aliphatic rings. The Morgan fingerprint density at radius 1 is 1.00 bits per heavy atom. The fourth-order valence-electron chi connectivity index (χ4n) is 3.64. The van der Waals surface area contributed by atoms with Crippen molar-refractivity contribution >= 4 is 70.5 Å². The number of nitrogens with zero attached hydrogens (tertiary/aromatic N) is 2. The smallest absolute Gasteiger partial charge is 0.229 e. The van der Waals surface area contributed by atoms with Gasteiger partial charge in [-0.15, -0.1) is 0 Å². The number of nitrogens with one attached hydrogen (secondary N) is 2. The van der Waals surface area contributed by atoms with Crippen LogP contribution in [0.2, 0.25) is 0 Å². The maximum Gasteiger partial charge on any atom is 0.229 e. The van der Waals surface area contributed by atoms with Crippen molar-refractivity contribution in [2.75, 3.05) is 35.3 Å². The summed E-state index contributed by atoms with van der Waals surface area (Å²) in [5.41, 5.74) is 6.13. The van der Waals surface area contributed by atoms with Gasteiger partial charge in [-0.25, -0.2) is 13.4 Å². The third-order valence-corrected chi connectivity index (χ3v) is 6.11. The molecule has 2 N–H and O–H groups in total. The molecule has 160 valence electrons. The summed E-state index contributed by atoms with van der Waals surface area (Å²) in [6.07, 6.45) is 1.14. The van der Waals surface area contributed by atoms with Crippen LogP contribution in [0.1, 0.15) is 5.56 Å². The van der Waals surface area contributed by atoms with Crippen molar-refractivity contribution in [1.29, 1.82) is 0 Å². The topological polar surface area (TPSA) is 74.3 Å². The van der Waals surface area contributed by atoms with Crippen molar-refractivity contribution < 1.29 is 8.42 Å². The first-order valence-corrected chi connectivity index (χ1v) is 12.4. The molecule has 0 radical (unpaired) electrons. The van der Waals surface area contributed by atoms with Gasteiger partial charge in [0.2, 0.25) is 10.0 Å². The lowest BCUT2D eigenvalue weighted by Gasteiger charge is -2.22. The molecule has 1 aromatic heterocycles. The molecule has 31 heavy (non-hydrogen) atoms. The van der Waals surface area contributed by atoms with E-state index in [1.807, 2.05) is 55.4 Å². The van der Waals surface area contributed by atoms with E-state index in [4.69, 9.17) is 4.98 Å². The summed E-state index contributed by atoms with van der Waals surface area (Å²) in [5.74, 6) is 0. The number of pyridine rings is 1. The third-order valence-electron chi connectivity index (χ3n) is 5.01. The number of aromatic nitrogens is 1. The highest BCUT2D eigenvalue weighted by molar-refractivity contribution is 9.10. The number of hydrogen-bond donors (Lipinski definition) is 2. The highest BCUT2D eigenvalue weighted by Gasteiger charge is 2.15. The Morgan fingerprint density at radius 2 is 1.77 bits per heavy atom. The number of hydrogen-bond acceptors (Lipinski definition) is 5. The highest BCUT2D eigenvalue weighted by Crippen LogP contribution is 2.38. The van der Waals surface area contributed by atoms with Crippen molar-refractivity contribution in [3.63, 3.8) is 0 Å². The van der Waals surface area contributed by atoms with Gasteiger partial charge in [0.25, 0.3) is 0 Å². The number of fused-ring (bicyclic) bond motifs is 2. The van der Waals surface area contributed by atoms with Crippen molar-refractivity contribution in [2.45, 2.75) is 6.92 Å². The number of para-hydroxylation sites is 1. The lowest BCUT2D eigenvalue weighted by atomic mass is 10.0. The number of anilines is 4. The molecule has 6 nitrogen and oxygen atoms in total. The molecule has 4 aromatic rings. The number of benzene rings is 3. The maximum absolute atomic E-state index is 11.7. The zero-order valence-corrected chi connectivity index (χ0v) is 20.1. The van der Waals surface area contributed by atoms with Gasteiger partial charge in [0.1, 0.15) is 0 Å². The van der Waals surface area contributed by atoms with Crippen LogP contribution in [0.4, 0.5) is 22.7 Å². The predicted molar refractivity (Wildman–Crippen MR) is 134 cm³/mol. The highest BCUT2D eigenvalue weighted by atomic mass is 79.9. The number of rotatable bonds is 5. The first kappa shape index (κ1) is 21.4. The molecule has 8 heteroatoms. The van der Waals surface area contributed by atoms with E-state index in [0.717, 1.165) is 55.2 Å². The minimum Gasteiger partial charge on any atom is -0.376 e. The summed E-state index contributed by atoms with van der Waals surface area (Å²) in [4.78, 5) is 6.84. The van der Waals surface area contributed by atoms with Gasteiger partial charge in [-0.3, -0.25) is 4.72 Å². The first-order valence-electron chi connectivity index (χ1n) is 9.67. The van der Waals surface area contributed by atoms with Gasteiger partial charge in [-0.1, -0.05) is 34.1 Å². The molecule has 0 aliphatic heterocycles. The Bertz CT molecular complexity index is 1420. The van der Waals surface area contributed by atoms with Crippen LogP contribution in [0.5, 0.6) is 0 Å². The average Bonchev–Trinajstić information content (AvgIpc) is 2.68. The molecule has 0 saturated carbocycles. The van der Waals surface area contributed by atoms with Gasteiger partial charge in [0, 0.05) is 29.3 Å². The van der Waals surface area contributed by atoms with E-state index < -0.39 is 10.0 Å². The first-order chi connectivity index (χ1) is 14.6. The second-order valence-corrected chi connectivity index (χ2v) is 10.4. The largest absolute Gasteiger partial charge is 0.376 e. The predicted octanol–water partition coefficient (Wildman–Crippen LogP) is 5.64. The Morgan fingerprint density at radius 3 is 2.48 bits per heavy atom. The number of sulfonamides is 1. The van der Waals surface area contributed by atoms with Gasteiger partial charge in [-0.05, 0) is 48.9 Å². The fourth-order valence-corrected chi connectivity index (χ4v) is 4.54. The van der Waals surface area contributed by atoms with E-state index in [9.17, 15) is 8.42 Å². The van der Waals surface area contributed by atoms with E-state index in [-0.39, 0.29) is 0 Å². The zero-order valence-electron chi connectivity index (χ0n) is 17.7. The van der Waals surface area contributed by atoms with Crippen molar-refractivity contribution in [1.82, 2.24) is 4.98 Å². The maximum atomic E-state index is 11.7. The second kappa shape index (κ2) is 8.01. The van der Waals surface area contributed by atoms with Gasteiger partial charge in [0.15, 0.2) is 0 Å². The van der Waals surface area contributed by atoms with Gasteiger partial charge >= 0.3 is 0 Å². The van der Waals surface area contributed by atoms with Crippen LogP contribution in [-0.4, -0.2) is 33.8 Å². The summed E-state index contributed by atoms with van der Waals surface area (Å²) in [5, 5.41) is 5.63. The summed E-state index contributed by atoms with van der Waals surface area (Å²) in [7, 11) is 0.491. The summed E-state index contributed by atoms with van der Waals surface area (Å²) >= 11 is 3.55. The van der Waals surface area contributed by atoms with Gasteiger partial charge < -0.3 is 10.2 Å². The van der Waals surface area contributed by atoms with Crippen molar-refractivity contribution in [3.05, 3.63) is 64.6 Å². The molecular weight excluding hydrogens is 476 g/mol. The zero-order chi connectivity index (χ0) is 22.3. The van der Waals surface area contributed by atoms with E-state index in [1.165, 1.54) is 0 Å². The number of halogens is 1. The minimum absolute atomic E-state index is 0.515. The van der Waals surface area contributed by atoms with Crippen LogP contribution < -0.4 is 14.9 Å². The Hall–Kier alpha value is -2.84. The van der Waals surface area contributed by atoms with Crippen LogP contribution in [0.25, 0.3) is 21.8 Å². The molecule has 0 spiro atoms. The molecule has 3 aromatic carbocycles. The van der Waals surface area contributed by atoms with Crippen LogP contribution in [0, 0.1) is 6.92 Å². The normalized spacial score (nSPS) is 11.6. The second-order valence-electron chi connectivity index (χ2n) is 7.74. The van der Waals surface area contributed by atoms with Crippen LogP contribution in [-0.2, 0) is 10.0 Å². The Labute approximate surface area is 190 Å². The lowest BCUT2D eigenvalue weighted by molar-refractivity contribution is 0.607. The Kier molecular flexibility index (Phi) is 5.53. The molecule has 0 aliphatic carbocycles. The summed E-state index contributed by atoms with van der Waals surface area (Å²) < 4.78 is 26.8. The fraction of sp³-hybridized carbons (Fsp3) is 0.174. The third kappa shape index (κ3) is 4.45. The van der Waals surface area contributed by atoms with Crippen molar-refractivity contribution in [3.8, 4) is 0 Å². The quantitative estimate of drug-likeness (QED) is 0.348. The molecular formula is C23H23BrN4O2S. The lowest BCUT2D eigenvalue weighted by Crippen LogP contribution is -2.14. The summed E-state index contributed by atoms with van der Waals surface area (Å²) in [6.45, 7) is 2.06. The molecule has 0 atom stereocenters. The van der Waals surface area contributed by atoms with E-state index in [0.29, 0.717) is 5.69 Å². The van der Waals surface area contributed by atoms with Crippen LogP contribution >= 0.6 is 15.9 Å². The molecule has 4 rings (SSSR count). The average molecular weight is 499 g/mol. The van der Waals surface area contributed by atoms with Crippen molar-refractivity contribution in [2.24, 2.45) is 0 Å².